The normalized spacial score (nSPS) is 13.1. The molecule has 6 aromatic carbocycles. The number of aliphatic hydroxyl groups excluding tert-OH is 2. The average Bonchev–Trinajstić information content (AvgIpc) is 3.83. The number of amides is 1. The molecule has 3 heterocycles. The van der Waals surface area contributed by atoms with E-state index in [2.05, 4.69) is 11.9 Å². The Balaban J connectivity index is 0.917. The van der Waals surface area contributed by atoms with Crippen molar-refractivity contribution in [3.05, 3.63) is 195 Å². The first-order valence-corrected chi connectivity index (χ1v) is 24.4. The first kappa shape index (κ1) is 51.8. The van der Waals surface area contributed by atoms with Gasteiger partial charge < -0.3 is 48.9 Å². The van der Waals surface area contributed by atoms with Gasteiger partial charge in [-0.15, -0.1) is 0 Å². The lowest BCUT2D eigenvalue weighted by atomic mass is 9.93. The Morgan fingerprint density at radius 3 is 1.89 bits per heavy atom. The summed E-state index contributed by atoms with van der Waals surface area (Å²) >= 11 is 0. The van der Waals surface area contributed by atoms with E-state index in [1.165, 1.54) is 28.4 Å². The Kier molecular flexibility index (Phi) is 15.1. The Hall–Kier alpha value is -9.05. The topological polar surface area (TPSA) is 192 Å². The Bertz CT molecular complexity index is 3480. The van der Waals surface area contributed by atoms with Gasteiger partial charge in [0.05, 0.1) is 75.7 Å². The zero-order valence-electron chi connectivity index (χ0n) is 42.8. The number of methoxy groups -OCH3 is 4. The van der Waals surface area contributed by atoms with Crippen LogP contribution >= 0.6 is 0 Å². The molecule has 15 heteroatoms. The van der Waals surface area contributed by atoms with E-state index < -0.39 is 30.1 Å². The molecule has 7 aromatic rings. The van der Waals surface area contributed by atoms with Gasteiger partial charge in [-0.3, -0.25) is 4.79 Å². The number of aliphatic hydroxyl groups is 2. The molecule has 15 nitrogen and oxygen atoms in total. The van der Waals surface area contributed by atoms with Crippen LogP contribution in [-0.2, 0) is 40.3 Å². The smallest absolute Gasteiger partial charge is 0.496 e. The van der Waals surface area contributed by atoms with Gasteiger partial charge >= 0.3 is 18.1 Å². The molecule has 0 radical (unpaired) electrons. The highest BCUT2D eigenvalue weighted by molar-refractivity contribution is 6.00. The number of pyridine rings is 1. The third-order valence-electron chi connectivity index (χ3n) is 13.7. The lowest BCUT2D eigenvalue weighted by Gasteiger charge is -2.30. The summed E-state index contributed by atoms with van der Waals surface area (Å²) in [5.41, 5.74) is 13.6. The fourth-order valence-corrected chi connectivity index (χ4v) is 9.76. The number of hydrogen-bond donors (Lipinski definition) is 3. The molecule has 2 aliphatic rings. The van der Waals surface area contributed by atoms with Gasteiger partial charge in [-0.05, 0) is 136 Å². The third kappa shape index (κ3) is 10.3. The number of carbonyl (C=O) groups is 4. The summed E-state index contributed by atoms with van der Waals surface area (Å²) in [4.78, 5) is 58.7. The number of aromatic nitrogens is 1. The van der Waals surface area contributed by atoms with Gasteiger partial charge in [0, 0.05) is 28.8 Å². The van der Waals surface area contributed by atoms with Gasteiger partial charge in [-0.2, -0.15) is 0 Å². The number of aryl methyl sites for hydroxylation is 1. The molecule has 386 valence electrons. The molecule has 0 spiro atoms. The monoisotopic (exact) mass is 1020 g/mol. The minimum absolute atomic E-state index is 0.0924. The first-order valence-electron chi connectivity index (χ1n) is 24.4. The minimum atomic E-state index is -0.959. The summed E-state index contributed by atoms with van der Waals surface area (Å²) < 4.78 is 32.5. The largest absolute Gasteiger partial charge is 0.514 e. The number of fused-ring (bicyclic) bond motifs is 4. The van der Waals surface area contributed by atoms with Gasteiger partial charge in [0.25, 0.3) is 5.91 Å². The van der Waals surface area contributed by atoms with Crippen LogP contribution in [0.1, 0.15) is 72.9 Å². The fraction of sp³-hybridized carbons (Fsp3) is 0.197. The van der Waals surface area contributed by atoms with Crippen LogP contribution in [-0.4, -0.2) is 85.2 Å². The van der Waals surface area contributed by atoms with Crippen molar-refractivity contribution in [2.45, 2.75) is 46.1 Å². The molecule has 1 amide bonds. The molecular formula is C61H55N3O12. The molecule has 1 unspecified atom stereocenters. The van der Waals surface area contributed by atoms with Gasteiger partial charge in [0.15, 0.2) is 0 Å². The first-order chi connectivity index (χ1) is 36.8. The van der Waals surface area contributed by atoms with Crippen LogP contribution in [0, 0.1) is 0 Å². The predicted molar refractivity (Wildman–Crippen MR) is 287 cm³/mol. The molecule has 3 N–H and O–H groups in total. The summed E-state index contributed by atoms with van der Waals surface area (Å²) in [5.74, 6) is -0.725. The standard InChI is InChI=1S/C61H55N3O12/c1-8-46-49-28-45(22-24-52(49)63-57-50(46)31-64-34(2)51(32-65)48(35(3)66)29-53(57)64)76-61(70)75-33-36-25-54(71-4)56(55(26-36)72-5)58(67)62-30-44-27-43(39-13-19-42(20-14-39)60(69)74-7)21-23-47(44)40-15-9-37(10-16-40)38-11-17-41(18-12-38)59(68)73-6/h9-29,35,65-66H,2,8,30-33H2,1,3-7H3,(H,62,67). The Morgan fingerprint density at radius 1 is 0.750 bits per heavy atom. The van der Waals surface area contributed by atoms with E-state index >= 15 is 0 Å². The van der Waals surface area contributed by atoms with Gasteiger partial charge in [0.1, 0.15) is 29.4 Å². The number of rotatable bonds is 16. The van der Waals surface area contributed by atoms with E-state index in [0.29, 0.717) is 52.0 Å². The molecule has 1 atom stereocenters. The lowest BCUT2D eigenvalue weighted by Crippen LogP contribution is -2.24. The van der Waals surface area contributed by atoms with Crippen LogP contribution in [0.5, 0.6) is 17.2 Å². The number of benzene rings is 6. The maximum atomic E-state index is 14.2. The second kappa shape index (κ2) is 22.2. The maximum absolute atomic E-state index is 14.2. The van der Waals surface area contributed by atoms with E-state index in [-0.39, 0.29) is 42.6 Å². The zero-order valence-corrected chi connectivity index (χ0v) is 42.8. The average molecular weight is 1020 g/mol. The van der Waals surface area contributed by atoms with Crippen LogP contribution < -0.4 is 19.5 Å². The SMILES string of the molecule is C=C1C(CO)=C(C(C)O)C=C2c3nc4ccc(OC(=O)OCc5cc(OC)c(C(=O)NCc6cc(-c7ccc(C(=O)OC)cc7)ccc6-c6ccc(-c7ccc(C(=O)OC)cc7)cc6)c(OC)c5)cc4c(CC)c3CN12. The molecule has 0 aliphatic carbocycles. The van der Waals surface area contributed by atoms with Crippen molar-refractivity contribution in [3.63, 3.8) is 0 Å². The number of esters is 2. The van der Waals surface area contributed by atoms with Gasteiger partial charge in [-0.25, -0.2) is 19.4 Å². The second-order valence-corrected chi connectivity index (χ2v) is 18.1. The van der Waals surface area contributed by atoms with E-state index in [9.17, 15) is 29.4 Å². The number of ether oxygens (including phenoxy) is 6. The number of carbonyl (C=O) groups excluding carboxylic acids is 4. The van der Waals surface area contributed by atoms with Crippen LogP contribution in [0.4, 0.5) is 4.79 Å². The molecule has 0 saturated heterocycles. The highest BCUT2D eigenvalue weighted by Gasteiger charge is 2.35. The minimum Gasteiger partial charge on any atom is -0.496 e. The van der Waals surface area contributed by atoms with Crippen molar-refractivity contribution < 1.29 is 57.8 Å². The molecular weight excluding hydrogens is 967 g/mol. The third-order valence-corrected chi connectivity index (χ3v) is 13.7. The van der Waals surface area contributed by atoms with Crippen molar-refractivity contribution >= 4 is 40.6 Å². The van der Waals surface area contributed by atoms with Crippen LogP contribution in [0.3, 0.4) is 0 Å². The quantitative estimate of drug-likeness (QED) is 0.0470. The summed E-state index contributed by atoms with van der Waals surface area (Å²) in [5, 5.41) is 24.5. The van der Waals surface area contributed by atoms with Crippen LogP contribution in [0.2, 0.25) is 0 Å². The number of nitrogens with one attached hydrogen (secondary N) is 1. The summed E-state index contributed by atoms with van der Waals surface area (Å²) in [6, 6.07) is 36.5. The lowest BCUT2D eigenvalue weighted by molar-refractivity contribution is 0.0592. The van der Waals surface area contributed by atoms with E-state index in [1.54, 1.807) is 61.5 Å². The summed E-state index contributed by atoms with van der Waals surface area (Å²) in [6.07, 6.45) is 0.754. The highest BCUT2D eigenvalue weighted by Crippen LogP contribution is 2.45. The number of hydrogen-bond acceptors (Lipinski definition) is 14. The van der Waals surface area contributed by atoms with E-state index in [1.807, 2.05) is 84.6 Å². The van der Waals surface area contributed by atoms with E-state index in [4.69, 9.17) is 33.4 Å². The van der Waals surface area contributed by atoms with Crippen molar-refractivity contribution in [2.75, 3.05) is 35.0 Å². The molecule has 2 aliphatic heterocycles. The molecule has 1 aromatic heterocycles. The second-order valence-electron chi connectivity index (χ2n) is 18.1. The number of nitrogens with zero attached hydrogens (tertiary/aromatic N) is 2. The molecule has 76 heavy (non-hydrogen) atoms. The molecule has 9 rings (SSSR count). The maximum Gasteiger partial charge on any atom is 0.514 e. The summed E-state index contributed by atoms with van der Waals surface area (Å²) in [7, 11) is 5.53. The van der Waals surface area contributed by atoms with Crippen molar-refractivity contribution in [1.82, 2.24) is 15.2 Å². The predicted octanol–water partition coefficient (Wildman–Crippen LogP) is 10.4. The van der Waals surface area contributed by atoms with Gasteiger partial charge in [0.2, 0.25) is 0 Å². The fourth-order valence-electron chi connectivity index (χ4n) is 9.76. The molecule has 0 saturated carbocycles. The highest BCUT2D eigenvalue weighted by atomic mass is 16.7. The zero-order chi connectivity index (χ0) is 53.8. The van der Waals surface area contributed by atoms with Gasteiger partial charge in [-0.1, -0.05) is 74.2 Å². The Morgan fingerprint density at radius 2 is 1.33 bits per heavy atom. The van der Waals surface area contributed by atoms with Crippen LogP contribution in [0.15, 0.2) is 151 Å². The van der Waals surface area contributed by atoms with Crippen molar-refractivity contribution in [3.8, 4) is 50.6 Å². The van der Waals surface area contributed by atoms with Crippen LogP contribution in [0.25, 0.3) is 50.0 Å². The molecule has 0 fully saturated rings. The van der Waals surface area contributed by atoms with Crippen molar-refractivity contribution in [1.29, 1.82) is 0 Å². The Labute approximate surface area is 439 Å². The summed E-state index contributed by atoms with van der Waals surface area (Å²) in [6.45, 7) is 8.01. The van der Waals surface area contributed by atoms with E-state index in [0.717, 1.165) is 66.8 Å². The van der Waals surface area contributed by atoms with Crippen molar-refractivity contribution in [2.24, 2.45) is 0 Å². The molecule has 0 bridgehead atoms.